The Bertz CT molecular complexity index is 1490. The summed E-state index contributed by atoms with van der Waals surface area (Å²) in [5.74, 6) is -1.71. The molecule has 10 heteroatoms. The van der Waals surface area contributed by atoms with E-state index in [4.69, 9.17) is 21.1 Å². The van der Waals surface area contributed by atoms with E-state index >= 15 is 0 Å². The Balaban J connectivity index is 1.38. The molecule has 0 aromatic heterocycles. The van der Waals surface area contributed by atoms with E-state index in [1.807, 2.05) is 74.5 Å². The maximum Gasteiger partial charge on any atom is 0.253 e. The first-order valence-electron chi connectivity index (χ1n) is 15.9. The zero-order valence-electron chi connectivity index (χ0n) is 25.7. The predicted octanol–water partition coefficient (Wildman–Crippen LogP) is 4.69. The van der Waals surface area contributed by atoms with Gasteiger partial charge in [0.25, 0.3) is 5.91 Å². The van der Waals surface area contributed by atoms with Gasteiger partial charge in [0.1, 0.15) is 17.4 Å². The lowest BCUT2D eigenvalue weighted by molar-refractivity contribution is -0.140. The minimum Gasteiger partial charge on any atom is -0.494 e. The number of likely N-dealkylation sites (tertiary alicyclic amines) is 1. The molecule has 0 saturated carbocycles. The fourth-order valence-corrected chi connectivity index (χ4v) is 7.73. The number of rotatable bonds is 10. The van der Waals surface area contributed by atoms with E-state index in [9.17, 15) is 19.5 Å². The fourth-order valence-electron chi connectivity index (χ4n) is 7.41. The SMILES string of the molecule is CCOc1ccc(N2CC=C[C@@H]3O[C@]45C=CCN(c6c(C)cccc6Cl)C(=O)C4N(CCCCCCO)C(=O)[C@@H]5[C@@H]3C2=O)cc1. The van der Waals surface area contributed by atoms with Crippen molar-refractivity contribution in [3.8, 4) is 5.75 Å². The Morgan fingerprint density at radius 3 is 2.44 bits per heavy atom. The number of amides is 3. The second-order valence-electron chi connectivity index (χ2n) is 12.1. The van der Waals surface area contributed by atoms with Crippen molar-refractivity contribution in [2.45, 2.75) is 57.3 Å². The molecule has 6 rings (SSSR count). The third-order valence-corrected chi connectivity index (χ3v) is 9.69. The van der Waals surface area contributed by atoms with Crippen LogP contribution in [0.3, 0.4) is 0 Å². The second kappa shape index (κ2) is 13.0. The van der Waals surface area contributed by atoms with Crippen molar-refractivity contribution >= 4 is 40.7 Å². The van der Waals surface area contributed by atoms with Crippen LogP contribution >= 0.6 is 11.6 Å². The molecular formula is C35H40ClN3O6. The number of nitrogens with zero attached hydrogens (tertiary/aromatic N) is 3. The van der Waals surface area contributed by atoms with Gasteiger partial charge in [0.05, 0.1) is 35.3 Å². The van der Waals surface area contributed by atoms with E-state index in [2.05, 4.69) is 0 Å². The van der Waals surface area contributed by atoms with Gasteiger partial charge in [0.15, 0.2) is 0 Å². The summed E-state index contributed by atoms with van der Waals surface area (Å²) >= 11 is 6.65. The molecule has 45 heavy (non-hydrogen) atoms. The number of carbonyl (C=O) groups is 3. The monoisotopic (exact) mass is 633 g/mol. The number of halogens is 1. The molecule has 0 radical (unpaired) electrons. The molecular weight excluding hydrogens is 594 g/mol. The van der Waals surface area contributed by atoms with E-state index in [0.29, 0.717) is 54.7 Å². The molecule has 3 amide bonds. The molecule has 9 nitrogen and oxygen atoms in total. The standard InChI is InChI=1S/C35H40ClN3O6/c1-3-44-25-16-14-24(15-17-25)37-20-9-13-27-28(32(37)41)29-33(42)39(19-6-4-5-7-22-40)31-34(43)38(21-10-18-35(29,31)45-27)30-23(2)11-8-12-26(30)36/h8-18,27-29,31,40H,3-7,19-22H2,1-2H3/t27-,28+,29-,31?,35-/m0/s1. The number of aliphatic hydroxyl groups excluding tert-OH is 1. The van der Waals surface area contributed by atoms with Gasteiger partial charge in [0.2, 0.25) is 11.8 Å². The number of ether oxygens (including phenoxy) is 2. The smallest absolute Gasteiger partial charge is 0.253 e. The van der Waals surface area contributed by atoms with Gasteiger partial charge in [-0.15, -0.1) is 0 Å². The van der Waals surface area contributed by atoms with Crippen molar-refractivity contribution in [2.24, 2.45) is 11.8 Å². The first-order chi connectivity index (χ1) is 21.8. The second-order valence-corrected chi connectivity index (χ2v) is 12.5. The Morgan fingerprint density at radius 2 is 1.71 bits per heavy atom. The lowest BCUT2D eigenvalue weighted by atomic mass is 9.77. The quantitative estimate of drug-likeness (QED) is 0.301. The van der Waals surface area contributed by atoms with Crippen molar-refractivity contribution < 1.29 is 29.0 Å². The molecule has 4 heterocycles. The molecule has 2 aromatic carbocycles. The van der Waals surface area contributed by atoms with E-state index < -0.39 is 29.6 Å². The molecule has 5 atom stereocenters. The van der Waals surface area contributed by atoms with Crippen LogP contribution in [0.4, 0.5) is 11.4 Å². The minimum atomic E-state index is -1.32. The lowest BCUT2D eigenvalue weighted by Crippen LogP contribution is -2.55. The highest BCUT2D eigenvalue weighted by Gasteiger charge is 2.71. The van der Waals surface area contributed by atoms with Gasteiger partial charge in [-0.1, -0.05) is 60.9 Å². The summed E-state index contributed by atoms with van der Waals surface area (Å²) in [5.41, 5.74) is 0.832. The molecule has 0 bridgehead atoms. The fraction of sp³-hybridized carbons (Fsp3) is 0.457. The van der Waals surface area contributed by atoms with E-state index in [0.717, 1.165) is 18.4 Å². The zero-order chi connectivity index (χ0) is 31.7. The van der Waals surface area contributed by atoms with Crippen molar-refractivity contribution in [1.82, 2.24) is 4.90 Å². The Kier molecular flexibility index (Phi) is 9.04. The molecule has 2 fully saturated rings. The predicted molar refractivity (Wildman–Crippen MR) is 172 cm³/mol. The summed E-state index contributed by atoms with van der Waals surface area (Å²) in [6.07, 6.45) is 9.78. The lowest BCUT2D eigenvalue weighted by Gasteiger charge is -2.36. The van der Waals surface area contributed by atoms with Crippen LogP contribution in [-0.2, 0) is 19.1 Å². The normalized spacial score (nSPS) is 27.4. The van der Waals surface area contributed by atoms with Crippen LogP contribution < -0.4 is 14.5 Å². The highest BCUT2D eigenvalue weighted by molar-refractivity contribution is 6.34. The number of fused-ring (bicyclic) bond motifs is 2. The van der Waals surface area contributed by atoms with Gasteiger partial charge >= 0.3 is 0 Å². The Labute approximate surface area is 269 Å². The molecule has 2 saturated heterocycles. The number of hydrogen-bond donors (Lipinski definition) is 1. The maximum atomic E-state index is 14.7. The molecule has 1 spiro atoms. The van der Waals surface area contributed by atoms with Crippen LogP contribution in [0.15, 0.2) is 66.8 Å². The van der Waals surface area contributed by atoms with Crippen LogP contribution in [0.5, 0.6) is 5.75 Å². The summed E-state index contributed by atoms with van der Waals surface area (Å²) in [5, 5.41) is 9.68. The Hall–Kier alpha value is -3.66. The average Bonchev–Trinajstić information content (AvgIpc) is 3.33. The van der Waals surface area contributed by atoms with Crippen molar-refractivity contribution in [2.75, 3.05) is 42.6 Å². The topological polar surface area (TPSA) is 99.6 Å². The van der Waals surface area contributed by atoms with Crippen LogP contribution in [0.25, 0.3) is 0 Å². The number of para-hydroxylation sites is 1. The third-order valence-electron chi connectivity index (χ3n) is 9.38. The summed E-state index contributed by atoms with van der Waals surface area (Å²) in [7, 11) is 0. The van der Waals surface area contributed by atoms with E-state index in [1.165, 1.54) is 0 Å². The maximum absolute atomic E-state index is 14.7. The summed E-state index contributed by atoms with van der Waals surface area (Å²) in [6, 6.07) is 11.9. The van der Waals surface area contributed by atoms with Gasteiger partial charge in [-0.3, -0.25) is 14.4 Å². The first kappa shape index (κ1) is 31.3. The molecule has 238 valence electrons. The molecule has 1 unspecified atom stereocenters. The highest BCUT2D eigenvalue weighted by atomic mass is 35.5. The van der Waals surface area contributed by atoms with Gasteiger partial charge < -0.3 is 29.3 Å². The number of benzene rings is 2. The number of unbranched alkanes of at least 4 members (excludes halogenated alkanes) is 3. The van der Waals surface area contributed by atoms with Crippen LogP contribution in [0, 0.1) is 18.8 Å². The van der Waals surface area contributed by atoms with Gasteiger partial charge in [-0.25, -0.2) is 0 Å². The van der Waals surface area contributed by atoms with Crippen LogP contribution in [0.2, 0.25) is 5.02 Å². The average molecular weight is 634 g/mol. The summed E-state index contributed by atoms with van der Waals surface area (Å²) in [4.78, 5) is 48.6. The summed E-state index contributed by atoms with van der Waals surface area (Å²) < 4.78 is 12.4. The van der Waals surface area contributed by atoms with Crippen molar-refractivity contribution in [3.05, 3.63) is 77.4 Å². The van der Waals surface area contributed by atoms with Gasteiger partial charge in [-0.05, 0) is 62.6 Å². The Morgan fingerprint density at radius 1 is 0.956 bits per heavy atom. The van der Waals surface area contributed by atoms with Crippen molar-refractivity contribution in [1.29, 1.82) is 0 Å². The van der Waals surface area contributed by atoms with Crippen LogP contribution in [0.1, 0.15) is 38.2 Å². The molecule has 4 aliphatic rings. The highest BCUT2D eigenvalue weighted by Crippen LogP contribution is 2.54. The summed E-state index contributed by atoms with van der Waals surface area (Å²) in [6.45, 7) is 5.41. The van der Waals surface area contributed by atoms with Crippen molar-refractivity contribution in [3.63, 3.8) is 0 Å². The van der Waals surface area contributed by atoms with E-state index in [-0.39, 0.29) is 30.9 Å². The molecule has 1 N–H and O–H groups in total. The number of hydrogen-bond acceptors (Lipinski definition) is 6. The first-order valence-corrected chi connectivity index (χ1v) is 16.2. The number of aryl methyl sites for hydroxylation is 1. The zero-order valence-corrected chi connectivity index (χ0v) is 26.5. The van der Waals surface area contributed by atoms with E-state index in [1.54, 1.807) is 20.8 Å². The minimum absolute atomic E-state index is 0.114. The number of anilines is 2. The van der Waals surface area contributed by atoms with Crippen LogP contribution in [-0.4, -0.2) is 78.3 Å². The number of aliphatic hydroxyl groups is 1. The van der Waals surface area contributed by atoms with Gasteiger partial charge in [0, 0.05) is 31.9 Å². The molecule has 0 aliphatic carbocycles. The third kappa shape index (κ3) is 5.45. The molecule has 2 aromatic rings. The largest absolute Gasteiger partial charge is 0.494 e. The number of carbonyl (C=O) groups excluding carboxylic acids is 3. The van der Waals surface area contributed by atoms with Gasteiger partial charge in [-0.2, -0.15) is 0 Å². The molecule has 4 aliphatic heterocycles.